The maximum absolute atomic E-state index is 11.8. The Balaban J connectivity index is 1.91. The van der Waals surface area contributed by atoms with Crippen molar-refractivity contribution in [2.45, 2.75) is 6.42 Å². The molecule has 21 heavy (non-hydrogen) atoms. The number of hydrogen-bond donors (Lipinski definition) is 1. The molecule has 0 unspecified atom stereocenters. The molecule has 1 atom stereocenters. The van der Waals surface area contributed by atoms with Crippen LogP contribution in [0.2, 0.25) is 0 Å². The summed E-state index contributed by atoms with van der Waals surface area (Å²) in [5.74, 6) is -1.03. The van der Waals surface area contributed by atoms with Gasteiger partial charge in [0, 0.05) is 23.4 Å². The summed E-state index contributed by atoms with van der Waals surface area (Å²) in [6, 6.07) is 6.26. The number of carbonyl (C=O) groups excluding carboxylic acids is 2. The molecular formula is C14H15NO5S. The Labute approximate surface area is 122 Å². The molecule has 1 aliphatic rings. The molecule has 0 fully saturated rings. The average Bonchev–Trinajstić information content (AvgIpc) is 2.77. The van der Waals surface area contributed by atoms with E-state index in [2.05, 4.69) is 10.1 Å². The summed E-state index contributed by atoms with van der Waals surface area (Å²) in [5.41, 5.74) is 0.929. The fraction of sp³-hybridized carbons (Fsp3) is 0.286. The second-order valence-electron chi connectivity index (χ2n) is 4.74. The molecule has 112 valence electrons. The van der Waals surface area contributed by atoms with Crippen LogP contribution in [0.1, 0.15) is 16.8 Å². The summed E-state index contributed by atoms with van der Waals surface area (Å²) in [7, 11) is -1.85. The Morgan fingerprint density at radius 3 is 2.48 bits per heavy atom. The molecule has 0 spiro atoms. The van der Waals surface area contributed by atoms with E-state index in [1.807, 2.05) is 0 Å². The molecule has 1 aliphatic heterocycles. The number of rotatable bonds is 4. The van der Waals surface area contributed by atoms with Gasteiger partial charge in [-0.05, 0) is 24.3 Å². The number of methoxy groups -OCH3 is 1. The molecule has 7 heteroatoms. The summed E-state index contributed by atoms with van der Waals surface area (Å²) < 4.78 is 27.1. The van der Waals surface area contributed by atoms with Gasteiger partial charge in [0.05, 0.1) is 18.4 Å². The minimum Gasteiger partial charge on any atom is -0.465 e. The Hall–Kier alpha value is -2.15. The van der Waals surface area contributed by atoms with E-state index in [0.29, 0.717) is 11.3 Å². The molecule has 1 aromatic carbocycles. The number of amides is 1. The monoisotopic (exact) mass is 309 g/mol. The zero-order valence-electron chi connectivity index (χ0n) is 11.4. The van der Waals surface area contributed by atoms with Gasteiger partial charge in [0.1, 0.15) is 0 Å². The van der Waals surface area contributed by atoms with Crippen molar-refractivity contribution in [2.24, 2.45) is 5.92 Å². The molecule has 6 nitrogen and oxygen atoms in total. The molecular weight excluding hydrogens is 294 g/mol. The van der Waals surface area contributed by atoms with Gasteiger partial charge in [-0.2, -0.15) is 0 Å². The molecule has 0 aromatic heterocycles. The molecule has 0 aliphatic carbocycles. The van der Waals surface area contributed by atoms with Crippen molar-refractivity contribution in [1.29, 1.82) is 0 Å². The van der Waals surface area contributed by atoms with Gasteiger partial charge in [-0.25, -0.2) is 13.2 Å². The van der Waals surface area contributed by atoms with Gasteiger partial charge in [-0.1, -0.05) is 6.08 Å². The van der Waals surface area contributed by atoms with Crippen molar-refractivity contribution in [3.8, 4) is 0 Å². The third-order valence-electron chi connectivity index (χ3n) is 3.04. The first kappa shape index (κ1) is 15.2. The molecule has 1 heterocycles. The summed E-state index contributed by atoms with van der Waals surface area (Å²) in [6.45, 7) is 0. The summed E-state index contributed by atoms with van der Waals surface area (Å²) in [4.78, 5) is 23.1. The van der Waals surface area contributed by atoms with E-state index in [1.54, 1.807) is 24.3 Å². The van der Waals surface area contributed by atoms with Crippen LogP contribution in [0.15, 0.2) is 35.7 Å². The Kier molecular flexibility index (Phi) is 4.42. The van der Waals surface area contributed by atoms with E-state index in [4.69, 9.17) is 0 Å². The van der Waals surface area contributed by atoms with Gasteiger partial charge in [0.15, 0.2) is 9.84 Å². The van der Waals surface area contributed by atoms with Crippen LogP contribution in [0.25, 0.3) is 0 Å². The van der Waals surface area contributed by atoms with Crippen LogP contribution in [-0.4, -0.2) is 33.2 Å². The third kappa shape index (κ3) is 4.16. The van der Waals surface area contributed by atoms with Gasteiger partial charge in [0.2, 0.25) is 5.91 Å². The number of nitrogens with one attached hydrogen (secondary N) is 1. The zero-order chi connectivity index (χ0) is 15.5. The van der Waals surface area contributed by atoms with Crippen LogP contribution in [0.4, 0.5) is 5.69 Å². The topological polar surface area (TPSA) is 89.5 Å². The Bertz CT molecular complexity index is 676. The van der Waals surface area contributed by atoms with Crippen molar-refractivity contribution in [3.63, 3.8) is 0 Å². The number of allylic oxidation sites excluding steroid dienone is 1. The van der Waals surface area contributed by atoms with E-state index in [9.17, 15) is 18.0 Å². The Morgan fingerprint density at radius 2 is 1.95 bits per heavy atom. The second-order valence-corrected chi connectivity index (χ2v) is 6.67. The second kappa shape index (κ2) is 6.09. The van der Waals surface area contributed by atoms with Crippen LogP contribution in [0.3, 0.4) is 0 Å². The van der Waals surface area contributed by atoms with Crippen LogP contribution < -0.4 is 5.32 Å². The van der Waals surface area contributed by atoms with Crippen molar-refractivity contribution >= 4 is 27.4 Å². The molecule has 1 aromatic rings. The number of sulfone groups is 1. The van der Waals surface area contributed by atoms with Crippen molar-refractivity contribution in [2.75, 3.05) is 18.2 Å². The van der Waals surface area contributed by atoms with Crippen LogP contribution in [-0.2, 0) is 19.4 Å². The number of hydrogen-bond acceptors (Lipinski definition) is 5. The standard InChI is InChI=1S/C14H15NO5S/c1-20-14(17)11-2-4-12(5-3-11)15-13(16)8-10-6-7-21(18,19)9-10/h2-7,10H,8-9H2,1H3,(H,15,16)/t10-/m0/s1. The lowest BCUT2D eigenvalue weighted by atomic mass is 10.1. The van der Waals surface area contributed by atoms with Crippen LogP contribution in [0, 0.1) is 5.92 Å². The van der Waals surface area contributed by atoms with Gasteiger partial charge < -0.3 is 10.1 Å². The highest BCUT2D eigenvalue weighted by Gasteiger charge is 2.23. The van der Waals surface area contributed by atoms with Crippen LogP contribution >= 0.6 is 0 Å². The van der Waals surface area contributed by atoms with Crippen molar-refractivity contribution in [3.05, 3.63) is 41.3 Å². The first-order valence-electron chi connectivity index (χ1n) is 6.29. The number of ether oxygens (including phenoxy) is 1. The zero-order valence-corrected chi connectivity index (χ0v) is 12.2. The maximum atomic E-state index is 11.8. The van der Waals surface area contributed by atoms with Crippen molar-refractivity contribution in [1.82, 2.24) is 0 Å². The lowest BCUT2D eigenvalue weighted by Gasteiger charge is -2.08. The molecule has 0 bridgehead atoms. The van der Waals surface area contributed by atoms with E-state index >= 15 is 0 Å². The third-order valence-corrected chi connectivity index (χ3v) is 4.51. The van der Waals surface area contributed by atoms with E-state index in [0.717, 1.165) is 5.41 Å². The molecule has 0 saturated heterocycles. The van der Waals surface area contributed by atoms with Gasteiger partial charge >= 0.3 is 5.97 Å². The molecule has 2 rings (SSSR count). The van der Waals surface area contributed by atoms with E-state index < -0.39 is 15.8 Å². The first-order valence-corrected chi connectivity index (χ1v) is 8.00. The van der Waals surface area contributed by atoms with Gasteiger partial charge in [-0.3, -0.25) is 4.79 Å². The summed E-state index contributed by atoms with van der Waals surface area (Å²) >= 11 is 0. The van der Waals surface area contributed by atoms with Crippen LogP contribution in [0.5, 0.6) is 0 Å². The number of anilines is 1. The molecule has 1 amide bonds. The Morgan fingerprint density at radius 1 is 1.29 bits per heavy atom. The smallest absolute Gasteiger partial charge is 0.337 e. The highest BCUT2D eigenvalue weighted by molar-refractivity contribution is 7.94. The van der Waals surface area contributed by atoms with Gasteiger partial charge in [0.25, 0.3) is 0 Å². The lowest BCUT2D eigenvalue weighted by molar-refractivity contribution is -0.116. The fourth-order valence-corrected chi connectivity index (χ4v) is 3.42. The number of carbonyl (C=O) groups is 2. The van der Waals surface area contributed by atoms with Gasteiger partial charge in [-0.15, -0.1) is 0 Å². The minimum atomic E-state index is -3.14. The predicted molar refractivity (Wildman–Crippen MR) is 77.4 cm³/mol. The molecule has 0 saturated carbocycles. The first-order chi connectivity index (χ1) is 9.89. The predicted octanol–water partition coefficient (Wildman–Crippen LogP) is 1.36. The SMILES string of the molecule is COC(=O)c1ccc(NC(=O)C[C@@H]2C=CS(=O)(=O)C2)cc1. The maximum Gasteiger partial charge on any atom is 0.337 e. The number of esters is 1. The average molecular weight is 309 g/mol. The highest BCUT2D eigenvalue weighted by Crippen LogP contribution is 2.19. The largest absolute Gasteiger partial charge is 0.465 e. The number of benzene rings is 1. The molecule has 0 radical (unpaired) electrons. The summed E-state index contributed by atoms with van der Waals surface area (Å²) in [5, 5.41) is 3.81. The summed E-state index contributed by atoms with van der Waals surface area (Å²) in [6.07, 6.45) is 1.64. The van der Waals surface area contributed by atoms with E-state index in [1.165, 1.54) is 13.2 Å². The highest BCUT2D eigenvalue weighted by atomic mass is 32.2. The quantitative estimate of drug-likeness (QED) is 0.848. The molecule has 1 N–H and O–H groups in total. The van der Waals surface area contributed by atoms with Crippen molar-refractivity contribution < 1.29 is 22.7 Å². The minimum absolute atomic E-state index is 0.0261. The lowest BCUT2D eigenvalue weighted by Crippen LogP contribution is -2.17. The van der Waals surface area contributed by atoms with E-state index in [-0.39, 0.29) is 24.0 Å². The fourth-order valence-electron chi connectivity index (χ4n) is 2.02. The normalized spacial score (nSPS) is 19.2.